The zero-order valence-electron chi connectivity index (χ0n) is 25.2. The maximum atomic E-state index is 7.50. The van der Waals surface area contributed by atoms with Crippen molar-refractivity contribution in [2.75, 3.05) is 6.61 Å². The van der Waals surface area contributed by atoms with Crippen LogP contribution in [0.2, 0.25) is 18.1 Å². The molecule has 6 rings (SSSR count). The predicted molar refractivity (Wildman–Crippen MR) is 156 cm³/mol. The SMILES string of the molecule is CC1(C)OC[C@]23OC45CC=C(/C=C/OCc6ccccc6)[C@@H]4[C@H](O[Si](C)(C)C(C)(C)C)C[C@H]2[C@]5(C)CC[C@@H]3O1. The van der Waals surface area contributed by atoms with E-state index >= 15 is 0 Å². The molecule has 1 aromatic carbocycles. The number of hydrogen-bond donors (Lipinski definition) is 0. The van der Waals surface area contributed by atoms with Crippen molar-refractivity contribution in [1.82, 2.24) is 0 Å². The predicted octanol–water partition coefficient (Wildman–Crippen LogP) is 7.53. The maximum absolute atomic E-state index is 7.50. The highest BCUT2D eigenvalue weighted by molar-refractivity contribution is 6.74. The van der Waals surface area contributed by atoms with E-state index in [0.717, 1.165) is 25.7 Å². The van der Waals surface area contributed by atoms with Gasteiger partial charge in [0, 0.05) is 17.3 Å². The number of hydrogen-bond acceptors (Lipinski definition) is 5. The first kappa shape index (κ1) is 27.7. The summed E-state index contributed by atoms with van der Waals surface area (Å²) in [5.74, 6) is -0.0649. The smallest absolute Gasteiger partial charge is 0.192 e. The summed E-state index contributed by atoms with van der Waals surface area (Å²) in [6, 6.07) is 10.3. The molecule has 2 heterocycles. The van der Waals surface area contributed by atoms with Crippen molar-refractivity contribution in [2.24, 2.45) is 17.3 Å². The monoisotopic (exact) mass is 552 g/mol. The van der Waals surface area contributed by atoms with Crippen molar-refractivity contribution in [3.63, 3.8) is 0 Å². The van der Waals surface area contributed by atoms with Crippen LogP contribution in [-0.4, -0.2) is 44.1 Å². The highest BCUT2D eigenvalue weighted by Gasteiger charge is 2.80. The Morgan fingerprint density at radius 2 is 1.85 bits per heavy atom. The summed E-state index contributed by atoms with van der Waals surface area (Å²) in [7, 11) is -2.03. The summed E-state index contributed by atoms with van der Waals surface area (Å²) in [6.45, 7) is 19.5. The molecule has 0 aromatic heterocycles. The minimum absolute atomic E-state index is 0.0483. The van der Waals surface area contributed by atoms with Crippen LogP contribution in [-0.2, 0) is 30.0 Å². The molecule has 1 unspecified atom stereocenters. The fraction of sp³-hybridized carbons (Fsp3) is 0.697. The Morgan fingerprint density at radius 1 is 1.10 bits per heavy atom. The van der Waals surface area contributed by atoms with Gasteiger partial charge in [-0.1, -0.05) is 64.1 Å². The molecular formula is C33H48O5Si. The van der Waals surface area contributed by atoms with E-state index in [1.54, 1.807) is 0 Å². The van der Waals surface area contributed by atoms with Gasteiger partial charge in [0.15, 0.2) is 14.1 Å². The average molecular weight is 553 g/mol. The molecule has 0 radical (unpaired) electrons. The average Bonchev–Trinajstić information content (AvgIpc) is 3.23. The molecule has 5 aliphatic rings. The van der Waals surface area contributed by atoms with E-state index in [4.69, 9.17) is 23.4 Å². The van der Waals surface area contributed by atoms with Crippen molar-refractivity contribution >= 4 is 8.32 Å². The quantitative estimate of drug-likeness (QED) is 0.270. The molecule has 2 saturated heterocycles. The van der Waals surface area contributed by atoms with Crippen LogP contribution in [0.15, 0.2) is 54.3 Å². The molecule has 0 N–H and O–H groups in total. The molecule has 2 saturated carbocycles. The second-order valence-corrected chi connectivity index (χ2v) is 19.6. The largest absolute Gasteiger partial charge is 0.497 e. The van der Waals surface area contributed by atoms with Crippen LogP contribution < -0.4 is 0 Å². The van der Waals surface area contributed by atoms with Crippen LogP contribution in [0.25, 0.3) is 0 Å². The van der Waals surface area contributed by atoms with Gasteiger partial charge >= 0.3 is 0 Å². The van der Waals surface area contributed by atoms with Crippen molar-refractivity contribution < 1.29 is 23.4 Å². The minimum Gasteiger partial charge on any atom is -0.497 e. The number of benzene rings is 1. The molecule has 4 fully saturated rings. The van der Waals surface area contributed by atoms with E-state index < -0.39 is 19.7 Å². The van der Waals surface area contributed by atoms with Gasteiger partial charge in [-0.3, -0.25) is 0 Å². The van der Waals surface area contributed by atoms with Gasteiger partial charge in [-0.05, 0) is 74.9 Å². The van der Waals surface area contributed by atoms with Crippen LogP contribution in [0.5, 0.6) is 0 Å². The van der Waals surface area contributed by atoms with Gasteiger partial charge in [0.1, 0.15) is 12.2 Å². The van der Waals surface area contributed by atoms with Gasteiger partial charge < -0.3 is 23.4 Å². The van der Waals surface area contributed by atoms with Gasteiger partial charge in [-0.15, -0.1) is 0 Å². The summed E-state index contributed by atoms with van der Waals surface area (Å²) in [6.07, 6.45) is 10.6. The summed E-state index contributed by atoms with van der Waals surface area (Å²) in [5.41, 5.74) is 1.79. The summed E-state index contributed by atoms with van der Waals surface area (Å²) in [4.78, 5) is 0. The minimum atomic E-state index is -2.03. The Labute approximate surface area is 236 Å². The number of ether oxygens (including phenoxy) is 4. The molecule has 39 heavy (non-hydrogen) atoms. The molecule has 3 aliphatic carbocycles. The first-order valence-electron chi connectivity index (χ1n) is 15.0. The lowest BCUT2D eigenvalue weighted by atomic mass is 9.48. The van der Waals surface area contributed by atoms with E-state index in [9.17, 15) is 0 Å². The fourth-order valence-electron chi connectivity index (χ4n) is 8.27. The van der Waals surface area contributed by atoms with Gasteiger partial charge in [0.25, 0.3) is 0 Å². The standard InChI is InChI=1S/C33H48O5Si/c1-29(2,3)39(7,8)37-25-20-26-31(6)17-15-27-32(26,22-35-30(4,5)36-27)38-33(31)18-14-24(28(25)33)16-19-34-21-23-12-10-9-11-13-23/h9-14,16,19,25-28H,15,17-18,20-22H2,1-8H3/b19-16+/t25-,26+,27+,28-,31+,32+,33?/m1/s1. The topological polar surface area (TPSA) is 46.2 Å². The second kappa shape index (κ2) is 9.03. The summed E-state index contributed by atoms with van der Waals surface area (Å²) >= 11 is 0. The summed E-state index contributed by atoms with van der Waals surface area (Å²) in [5, 5.41) is 0.135. The molecular weight excluding hydrogens is 504 g/mol. The van der Waals surface area contributed by atoms with Crippen LogP contribution in [0.1, 0.15) is 72.8 Å². The first-order chi connectivity index (χ1) is 18.2. The normalized spacial score (nSPS) is 40.8. The zero-order chi connectivity index (χ0) is 27.9. The Morgan fingerprint density at radius 3 is 2.56 bits per heavy atom. The van der Waals surface area contributed by atoms with Gasteiger partial charge in [-0.25, -0.2) is 0 Å². The third-order valence-electron chi connectivity index (χ3n) is 11.3. The van der Waals surface area contributed by atoms with Crippen LogP contribution in [0.3, 0.4) is 0 Å². The highest BCUT2D eigenvalue weighted by Crippen LogP contribution is 2.74. The molecule has 5 nitrogen and oxygen atoms in total. The maximum Gasteiger partial charge on any atom is 0.192 e. The van der Waals surface area contributed by atoms with Gasteiger partial charge in [0.2, 0.25) is 0 Å². The van der Waals surface area contributed by atoms with E-state index in [-0.39, 0.29) is 34.2 Å². The van der Waals surface area contributed by atoms with Crippen molar-refractivity contribution in [3.05, 3.63) is 59.9 Å². The Kier molecular flexibility index (Phi) is 6.41. The van der Waals surface area contributed by atoms with Crippen LogP contribution in [0, 0.1) is 17.3 Å². The Hall–Kier alpha value is -1.44. The third kappa shape index (κ3) is 4.15. The third-order valence-corrected chi connectivity index (χ3v) is 15.8. The molecule has 6 heteroatoms. The lowest BCUT2D eigenvalue weighted by molar-refractivity contribution is -0.351. The molecule has 214 valence electrons. The van der Waals surface area contributed by atoms with E-state index in [2.05, 4.69) is 77.2 Å². The molecule has 4 bridgehead atoms. The first-order valence-corrected chi connectivity index (χ1v) is 17.9. The zero-order valence-corrected chi connectivity index (χ0v) is 26.2. The fourth-order valence-corrected chi connectivity index (χ4v) is 9.62. The van der Waals surface area contributed by atoms with Crippen LogP contribution >= 0.6 is 0 Å². The Bertz CT molecular complexity index is 1150. The molecule has 0 amide bonds. The second-order valence-electron chi connectivity index (χ2n) is 14.9. The molecule has 1 aromatic rings. The summed E-state index contributed by atoms with van der Waals surface area (Å²) < 4.78 is 33.8. The molecule has 7 atom stereocenters. The van der Waals surface area contributed by atoms with E-state index in [1.807, 2.05) is 26.2 Å². The molecule has 2 aliphatic heterocycles. The van der Waals surface area contributed by atoms with E-state index in [0.29, 0.717) is 19.1 Å². The van der Waals surface area contributed by atoms with Crippen molar-refractivity contribution in [2.45, 2.75) is 121 Å². The van der Waals surface area contributed by atoms with E-state index in [1.165, 1.54) is 11.1 Å². The van der Waals surface area contributed by atoms with Gasteiger partial charge in [-0.2, -0.15) is 0 Å². The molecule has 2 spiro atoms. The van der Waals surface area contributed by atoms with Crippen molar-refractivity contribution in [3.8, 4) is 0 Å². The van der Waals surface area contributed by atoms with Crippen LogP contribution in [0.4, 0.5) is 0 Å². The lowest BCUT2D eigenvalue weighted by Gasteiger charge is -2.58. The lowest BCUT2D eigenvalue weighted by Crippen LogP contribution is -2.65. The highest BCUT2D eigenvalue weighted by atomic mass is 28.4. The number of rotatable bonds is 6. The van der Waals surface area contributed by atoms with Gasteiger partial charge in [0.05, 0.1) is 30.7 Å². The Balaban J connectivity index is 1.34. The van der Waals surface area contributed by atoms with Crippen molar-refractivity contribution in [1.29, 1.82) is 0 Å². The number of allylic oxidation sites excluding steroid dienone is 1.